The Kier molecular flexibility index (Phi) is 4.61. The molecule has 0 heterocycles. The largest absolute Gasteiger partial charge is 0.370 e. The van der Waals surface area contributed by atoms with Gasteiger partial charge in [-0.05, 0) is 23.6 Å². The lowest BCUT2D eigenvalue weighted by atomic mass is 10.0. The third kappa shape index (κ3) is 3.40. The third-order valence-electron chi connectivity index (χ3n) is 2.42. The summed E-state index contributed by atoms with van der Waals surface area (Å²) >= 11 is 0. The lowest BCUT2D eigenvalue weighted by molar-refractivity contribution is 0.100. The Balaban J connectivity index is 3.28. The predicted molar refractivity (Wildman–Crippen MR) is 73.0 cm³/mol. The van der Waals surface area contributed by atoms with Gasteiger partial charge in [-0.3, -0.25) is 9.00 Å². The molecular weight excluding hydrogens is 250 g/mol. The number of benzene rings is 1. The van der Waals surface area contributed by atoms with E-state index in [2.05, 4.69) is 4.99 Å². The molecule has 0 spiro atoms. The number of hydrogen-bond donors (Lipinski definition) is 2. The van der Waals surface area contributed by atoms with Gasteiger partial charge in [-0.15, -0.1) is 0 Å². The number of hydrogen-bond acceptors (Lipinski definition) is 2. The SMILES string of the molecule is CC(C)c1ccc(C(=O)N=C(N)N)cc1S(C)=O. The fraction of sp³-hybridized carbons (Fsp3) is 0.333. The molecule has 1 aromatic carbocycles. The Labute approximate surface area is 109 Å². The van der Waals surface area contributed by atoms with E-state index in [-0.39, 0.29) is 11.9 Å². The first-order chi connectivity index (χ1) is 8.32. The number of nitrogens with zero attached hydrogens (tertiary/aromatic N) is 1. The average molecular weight is 267 g/mol. The second kappa shape index (κ2) is 5.77. The number of nitrogens with two attached hydrogens (primary N) is 2. The molecule has 18 heavy (non-hydrogen) atoms. The molecule has 6 heteroatoms. The first kappa shape index (κ1) is 14.4. The molecule has 1 rings (SSSR count). The maximum absolute atomic E-state index is 11.7. The number of carbonyl (C=O) groups is 1. The zero-order chi connectivity index (χ0) is 13.9. The minimum atomic E-state index is -1.16. The fourth-order valence-electron chi connectivity index (χ4n) is 1.58. The lowest BCUT2D eigenvalue weighted by Gasteiger charge is -2.11. The van der Waals surface area contributed by atoms with Crippen molar-refractivity contribution in [2.75, 3.05) is 6.26 Å². The van der Waals surface area contributed by atoms with Gasteiger partial charge in [-0.25, -0.2) is 0 Å². The Morgan fingerprint density at radius 1 is 1.33 bits per heavy atom. The van der Waals surface area contributed by atoms with Gasteiger partial charge in [0.15, 0.2) is 5.96 Å². The Hall–Kier alpha value is -1.69. The molecule has 0 saturated carbocycles. The zero-order valence-electron chi connectivity index (χ0n) is 10.6. The average Bonchev–Trinajstić information content (AvgIpc) is 2.26. The van der Waals surface area contributed by atoms with Crippen molar-refractivity contribution in [2.45, 2.75) is 24.7 Å². The number of guanidine groups is 1. The van der Waals surface area contributed by atoms with Crippen molar-refractivity contribution in [1.29, 1.82) is 0 Å². The Bertz CT molecular complexity index is 520. The molecule has 4 N–H and O–H groups in total. The summed E-state index contributed by atoms with van der Waals surface area (Å²) in [4.78, 5) is 15.8. The van der Waals surface area contributed by atoms with Crippen molar-refractivity contribution in [3.05, 3.63) is 29.3 Å². The van der Waals surface area contributed by atoms with E-state index in [9.17, 15) is 9.00 Å². The van der Waals surface area contributed by atoms with Gasteiger partial charge in [0.25, 0.3) is 5.91 Å². The standard InChI is InChI=1S/C12H17N3O2S/c1-7(2)9-5-4-8(6-10(9)18(3)17)11(16)15-12(13)14/h4-7H,1-3H3,(H4,13,14,15,16). The van der Waals surface area contributed by atoms with Crippen LogP contribution in [-0.4, -0.2) is 22.3 Å². The van der Waals surface area contributed by atoms with Crippen LogP contribution in [0.5, 0.6) is 0 Å². The molecule has 0 aromatic heterocycles. The highest BCUT2D eigenvalue weighted by molar-refractivity contribution is 7.84. The third-order valence-corrected chi connectivity index (χ3v) is 3.40. The topological polar surface area (TPSA) is 98.5 Å². The Morgan fingerprint density at radius 2 is 1.94 bits per heavy atom. The van der Waals surface area contributed by atoms with Crippen LogP contribution in [0, 0.1) is 0 Å². The van der Waals surface area contributed by atoms with Gasteiger partial charge in [-0.1, -0.05) is 19.9 Å². The maximum Gasteiger partial charge on any atom is 0.280 e. The van der Waals surface area contributed by atoms with Crippen LogP contribution in [0.2, 0.25) is 0 Å². The van der Waals surface area contributed by atoms with E-state index in [0.29, 0.717) is 10.5 Å². The number of rotatable bonds is 3. The number of aliphatic imine (C=N–C) groups is 1. The van der Waals surface area contributed by atoms with E-state index in [4.69, 9.17) is 11.5 Å². The van der Waals surface area contributed by atoms with Gasteiger partial charge in [0.05, 0.1) is 10.8 Å². The number of amides is 1. The molecule has 98 valence electrons. The normalized spacial score (nSPS) is 12.2. The van der Waals surface area contributed by atoms with Crippen LogP contribution in [0.4, 0.5) is 0 Å². The molecule has 0 saturated heterocycles. The highest BCUT2D eigenvalue weighted by atomic mass is 32.2. The molecule has 0 bridgehead atoms. The van der Waals surface area contributed by atoms with Gasteiger partial charge in [0.1, 0.15) is 0 Å². The second-order valence-electron chi connectivity index (χ2n) is 4.20. The van der Waals surface area contributed by atoms with Gasteiger partial charge < -0.3 is 11.5 Å². The summed E-state index contributed by atoms with van der Waals surface area (Å²) in [5, 5.41) is 0. The summed E-state index contributed by atoms with van der Waals surface area (Å²) in [6, 6.07) is 5.01. The van der Waals surface area contributed by atoms with Gasteiger partial charge in [0, 0.05) is 16.7 Å². The van der Waals surface area contributed by atoms with Crippen molar-refractivity contribution in [3.8, 4) is 0 Å². The summed E-state index contributed by atoms with van der Waals surface area (Å²) in [7, 11) is -1.16. The summed E-state index contributed by atoms with van der Waals surface area (Å²) in [5.41, 5.74) is 11.6. The first-order valence-electron chi connectivity index (χ1n) is 5.44. The van der Waals surface area contributed by atoms with E-state index in [1.165, 1.54) is 0 Å². The zero-order valence-corrected chi connectivity index (χ0v) is 11.5. The minimum Gasteiger partial charge on any atom is -0.370 e. The summed E-state index contributed by atoms with van der Waals surface area (Å²) < 4.78 is 11.7. The molecule has 0 aliphatic rings. The molecule has 0 aliphatic heterocycles. The molecular formula is C12H17N3O2S. The van der Waals surface area contributed by atoms with Crippen molar-refractivity contribution in [1.82, 2.24) is 0 Å². The molecule has 1 unspecified atom stereocenters. The van der Waals surface area contributed by atoms with Crippen LogP contribution >= 0.6 is 0 Å². The molecule has 0 fully saturated rings. The van der Waals surface area contributed by atoms with Gasteiger partial charge >= 0.3 is 0 Å². The lowest BCUT2D eigenvalue weighted by Crippen LogP contribution is -2.24. The van der Waals surface area contributed by atoms with Crippen LogP contribution in [0.1, 0.15) is 35.7 Å². The highest BCUT2D eigenvalue weighted by Gasteiger charge is 2.13. The van der Waals surface area contributed by atoms with Crippen LogP contribution in [0.25, 0.3) is 0 Å². The second-order valence-corrected chi connectivity index (χ2v) is 5.55. The summed E-state index contributed by atoms with van der Waals surface area (Å²) in [6.45, 7) is 4.01. The minimum absolute atomic E-state index is 0.233. The maximum atomic E-state index is 11.7. The fourth-order valence-corrected chi connectivity index (χ4v) is 2.50. The van der Waals surface area contributed by atoms with Crippen molar-refractivity contribution < 1.29 is 9.00 Å². The van der Waals surface area contributed by atoms with E-state index in [1.807, 2.05) is 13.8 Å². The van der Waals surface area contributed by atoms with Crippen LogP contribution in [0.15, 0.2) is 28.1 Å². The number of carbonyl (C=O) groups excluding carboxylic acids is 1. The molecule has 1 atom stereocenters. The van der Waals surface area contributed by atoms with E-state index in [0.717, 1.165) is 5.56 Å². The van der Waals surface area contributed by atoms with E-state index in [1.54, 1.807) is 24.5 Å². The van der Waals surface area contributed by atoms with Crippen LogP contribution < -0.4 is 11.5 Å². The van der Waals surface area contributed by atoms with Crippen LogP contribution in [-0.2, 0) is 10.8 Å². The summed E-state index contributed by atoms with van der Waals surface area (Å²) in [6.07, 6.45) is 1.58. The van der Waals surface area contributed by atoms with Crippen molar-refractivity contribution >= 4 is 22.7 Å². The first-order valence-corrected chi connectivity index (χ1v) is 7.00. The Morgan fingerprint density at radius 3 is 2.39 bits per heavy atom. The smallest absolute Gasteiger partial charge is 0.280 e. The van der Waals surface area contributed by atoms with Crippen molar-refractivity contribution in [2.24, 2.45) is 16.5 Å². The molecule has 0 aliphatic carbocycles. The quantitative estimate of drug-likeness (QED) is 0.629. The van der Waals surface area contributed by atoms with Gasteiger partial charge in [0.2, 0.25) is 0 Å². The molecule has 1 amide bonds. The predicted octanol–water partition coefficient (Wildman–Crippen LogP) is 0.961. The van der Waals surface area contributed by atoms with Gasteiger partial charge in [-0.2, -0.15) is 4.99 Å². The molecule has 0 radical (unpaired) electrons. The summed E-state index contributed by atoms with van der Waals surface area (Å²) in [5.74, 6) is -0.583. The highest BCUT2D eigenvalue weighted by Crippen LogP contribution is 2.23. The molecule has 5 nitrogen and oxygen atoms in total. The molecule has 1 aromatic rings. The van der Waals surface area contributed by atoms with Crippen molar-refractivity contribution in [3.63, 3.8) is 0 Å². The van der Waals surface area contributed by atoms with Crippen LogP contribution in [0.3, 0.4) is 0 Å². The monoisotopic (exact) mass is 267 g/mol. The van der Waals surface area contributed by atoms with E-state index >= 15 is 0 Å². The van der Waals surface area contributed by atoms with E-state index < -0.39 is 16.7 Å².